The summed E-state index contributed by atoms with van der Waals surface area (Å²) < 4.78 is 0. The molecule has 0 heterocycles. The molecule has 0 saturated carbocycles. The third kappa shape index (κ3) is 3.20. The summed E-state index contributed by atoms with van der Waals surface area (Å²) >= 11 is 0. The second kappa shape index (κ2) is 6.01. The van der Waals surface area contributed by atoms with Crippen LogP contribution < -0.4 is 0 Å². The van der Waals surface area contributed by atoms with E-state index in [9.17, 15) is 5.11 Å². The molecule has 2 rings (SSSR count). The summed E-state index contributed by atoms with van der Waals surface area (Å²) in [5, 5.41) is 9.21. The highest BCUT2D eigenvalue weighted by Crippen LogP contribution is 2.20. The van der Waals surface area contributed by atoms with E-state index in [4.69, 9.17) is 0 Å². The molecule has 0 bridgehead atoms. The summed E-state index contributed by atoms with van der Waals surface area (Å²) in [4.78, 5) is 4.61. The van der Waals surface area contributed by atoms with Gasteiger partial charge in [0.15, 0.2) is 0 Å². The minimum absolute atomic E-state index is 0.194. The van der Waals surface area contributed by atoms with Crippen molar-refractivity contribution in [3.05, 3.63) is 65.7 Å². The number of nitrogens with zero attached hydrogens (tertiary/aromatic N) is 1. The molecule has 0 aliphatic rings. The van der Waals surface area contributed by atoms with Gasteiger partial charge >= 0.3 is 0 Å². The molecule has 1 N–H and O–H groups in total. The van der Waals surface area contributed by atoms with Crippen LogP contribution in [0.4, 0.5) is 0 Å². The second-order valence-corrected chi connectivity index (χ2v) is 4.20. The molecule has 0 aliphatic heterocycles. The first-order valence-corrected chi connectivity index (χ1v) is 6.16. The number of aromatic hydroxyl groups is 1. The smallest absolute Gasteiger partial charge is 0.115 e. The van der Waals surface area contributed by atoms with Crippen molar-refractivity contribution in [2.45, 2.75) is 19.4 Å². The molecule has 0 amide bonds. The third-order valence-corrected chi connectivity index (χ3v) is 2.87. The number of benzene rings is 2. The van der Waals surface area contributed by atoms with Crippen LogP contribution in [-0.2, 0) is 0 Å². The zero-order valence-corrected chi connectivity index (χ0v) is 10.5. The van der Waals surface area contributed by atoms with E-state index in [-0.39, 0.29) is 11.8 Å². The predicted molar refractivity (Wildman–Crippen MR) is 75.2 cm³/mol. The van der Waals surface area contributed by atoms with Gasteiger partial charge in [-0.15, -0.1) is 0 Å². The largest absolute Gasteiger partial charge is 0.508 e. The van der Waals surface area contributed by atoms with Crippen molar-refractivity contribution < 1.29 is 5.11 Å². The van der Waals surface area contributed by atoms with Crippen molar-refractivity contribution in [2.24, 2.45) is 4.99 Å². The Morgan fingerprint density at radius 2 is 1.72 bits per heavy atom. The van der Waals surface area contributed by atoms with E-state index in [0.29, 0.717) is 0 Å². The molecule has 0 radical (unpaired) electrons. The normalized spacial score (nSPS) is 12.7. The van der Waals surface area contributed by atoms with E-state index >= 15 is 0 Å². The fraction of sp³-hybridized carbons (Fsp3) is 0.188. The lowest BCUT2D eigenvalue weighted by Gasteiger charge is -2.09. The zero-order chi connectivity index (χ0) is 12.8. The van der Waals surface area contributed by atoms with Crippen molar-refractivity contribution in [2.75, 3.05) is 0 Å². The van der Waals surface area contributed by atoms with Gasteiger partial charge in [-0.1, -0.05) is 37.3 Å². The first kappa shape index (κ1) is 12.4. The van der Waals surface area contributed by atoms with Gasteiger partial charge < -0.3 is 5.11 Å². The van der Waals surface area contributed by atoms with E-state index in [1.54, 1.807) is 12.1 Å². The summed E-state index contributed by atoms with van der Waals surface area (Å²) in [6.07, 6.45) is 2.83. The Morgan fingerprint density at radius 1 is 1.06 bits per heavy atom. The molecular weight excluding hydrogens is 222 g/mol. The fourth-order valence-electron chi connectivity index (χ4n) is 1.84. The Labute approximate surface area is 108 Å². The van der Waals surface area contributed by atoms with E-state index in [1.165, 1.54) is 5.56 Å². The fourth-order valence-corrected chi connectivity index (χ4v) is 1.84. The van der Waals surface area contributed by atoms with Crippen molar-refractivity contribution in [1.82, 2.24) is 0 Å². The van der Waals surface area contributed by atoms with Gasteiger partial charge in [-0.05, 0) is 41.8 Å². The highest BCUT2D eigenvalue weighted by molar-refractivity contribution is 5.79. The maximum Gasteiger partial charge on any atom is 0.115 e. The Hall–Kier alpha value is -2.09. The minimum Gasteiger partial charge on any atom is -0.508 e. The van der Waals surface area contributed by atoms with Gasteiger partial charge in [-0.2, -0.15) is 0 Å². The minimum atomic E-state index is 0.194. The zero-order valence-electron chi connectivity index (χ0n) is 10.5. The van der Waals surface area contributed by atoms with E-state index in [1.807, 2.05) is 36.5 Å². The van der Waals surface area contributed by atoms with Crippen LogP contribution in [0.1, 0.15) is 30.5 Å². The highest BCUT2D eigenvalue weighted by Gasteiger charge is 2.04. The summed E-state index contributed by atoms with van der Waals surface area (Å²) in [5.41, 5.74) is 2.23. The van der Waals surface area contributed by atoms with Crippen LogP contribution in [0.5, 0.6) is 5.75 Å². The molecule has 0 saturated heterocycles. The molecule has 2 nitrogen and oxygen atoms in total. The van der Waals surface area contributed by atoms with Gasteiger partial charge in [0.25, 0.3) is 0 Å². The molecule has 2 aromatic carbocycles. The van der Waals surface area contributed by atoms with Crippen molar-refractivity contribution >= 4 is 6.21 Å². The molecule has 1 atom stereocenters. The van der Waals surface area contributed by atoms with Crippen LogP contribution in [0.2, 0.25) is 0 Å². The lowest BCUT2D eigenvalue weighted by molar-refractivity contribution is 0.475. The average Bonchev–Trinajstić information content (AvgIpc) is 2.43. The predicted octanol–water partition coefficient (Wildman–Crippen LogP) is 3.96. The Kier molecular flexibility index (Phi) is 4.13. The second-order valence-electron chi connectivity index (χ2n) is 4.20. The van der Waals surface area contributed by atoms with Gasteiger partial charge in [-0.3, -0.25) is 4.99 Å². The lowest BCUT2D eigenvalue weighted by atomic mass is 10.1. The number of phenols is 1. The van der Waals surface area contributed by atoms with Gasteiger partial charge in [0.05, 0.1) is 6.04 Å². The maximum absolute atomic E-state index is 9.21. The SMILES string of the molecule is CC[C@@H](N=Cc1ccc(O)cc1)c1ccccc1. The number of aliphatic imine (C=N–C) groups is 1. The molecule has 0 spiro atoms. The lowest BCUT2D eigenvalue weighted by Crippen LogP contribution is -1.94. The Balaban J connectivity index is 2.13. The summed E-state index contributed by atoms with van der Waals surface area (Å²) in [5.74, 6) is 0.280. The summed E-state index contributed by atoms with van der Waals surface area (Å²) in [6.45, 7) is 2.13. The van der Waals surface area contributed by atoms with Crippen LogP contribution in [0.3, 0.4) is 0 Å². The summed E-state index contributed by atoms with van der Waals surface area (Å²) in [7, 11) is 0. The molecule has 2 heteroatoms. The van der Waals surface area contributed by atoms with Crippen molar-refractivity contribution in [3.8, 4) is 5.75 Å². The molecular formula is C16H17NO. The van der Waals surface area contributed by atoms with E-state index in [0.717, 1.165) is 12.0 Å². The monoisotopic (exact) mass is 239 g/mol. The van der Waals surface area contributed by atoms with Gasteiger partial charge in [0, 0.05) is 6.21 Å². The highest BCUT2D eigenvalue weighted by atomic mass is 16.3. The number of phenolic OH excluding ortho intramolecular Hbond substituents is 1. The molecule has 0 aromatic heterocycles. The standard InChI is InChI=1S/C16H17NO/c1-2-16(14-6-4-3-5-7-14)17-12-13-8-10-15(18)11-9-13/h3-12,16,18H,2H2,1H3/t16-/m1/s1. The van der Waals surface area contributed by atoms with Crippen LogP contribution in [0.25, 0.3) is 0 Å². The van der Waals surface area contributed by atoms with Crippen molar-refractivity contribution in [3.63, 3.8) is 0 Å². The van der Waals surface area contributed by atoms with Gasteiger partial charge in [0.1, 0.15) is 5.75 Å². The molecule has 18 heavy (non-hydrogen) atoms. The summed E-state index contributed by atoms with van der Waals surface area (Å²) in [6, 6.07) is 17.5. The molecule has 0 fully saturated rings. The first-order chi connectivity index (χ1) is 8.79. The van der Waals surface area contributed by atoms with Crippen LogP contribution in [-0.4, -0.2) is 11.3 Å². The Bertz CT molecular complexity index is 502. The molecule has 0 aliphatic carbocycles. The third-order valence-electron chi connectivity index (χ3n) is 2.87. The first-order valence-electron chi connectivity index (χ1n) is 6.16. The number of hydrogen-bond acceptors (Lipinski definition) is 2. The number of hydrogen-bond donors (Lipinski definition) is 1. The molecule has 2 aromatic rings. The van der Waals surface area contributed by atoms with Crippen molar-refractivity contribution in [1.29, 1.82) is 0 Å². The molecule has 92 valence electrons. The Morgan fingerprint density at radius 3 is 2.33 bits per heavy atom. The maximum atomic E-state index is 9.21. The molecule has 0 unspecified atom stereocenters. The number of rotatable bonds is 4. The van der Waals surface area contributed by atoms with Crippen LogP contribution in [0.15, 0.2) is 59.6 Å². The van der Waals surface area contributed by atoms with Gasteiger partial charge in [-0.25, -0.2) is 0 Å². The van der Waals surface area contributed by atoms with E-state index in [2.05, 4.69) is 24.0 Å². The van der Waals surface area contributed by atoms with E-state index < -0.39 is 0 Å². The average molecular weight is 239 g/mol. The van der Waals surface area contributed by atoms with Gasteiger partial charge in [0.2, 0.25) is 0 Å². The quantitative estimate of drug-likeness (QED) is 0.805. The topological polar surface area (TPSA) is 32.6 Å². The van der Waals surface area contributed by atoms with Crippen LogP contribution in [0, 0.1) is 0 Å². The van der Waals surface area contributed by atoms with Crippen LogP contribution >= 0.6 is 0 Å².